The van der Waals surface area contributed by atoms with Crippen LogP contribution in [0.1, 0.15) is 0 Å². The second-order valence-electron chi connectivity index (χ2n) is 4.30. The molecule has 0 atom stereocenters. The van der Waals surface area contributed by atoms with Crippen LogP contribution in [0.2, 0.25) is 0 Å². The molecule has 0 aliphatic rings. The van der Waals surface area contributed by atoms with E-state index >= 15 is 0 Å². The van der Waals surface area contributed by atoms with Crippen LogP contribution in [0.4, 0.5) is 4.79 Å². The molecule has 1 aromatic heterocycles. The number of carbonyl (C=O) groups excluding carboxylic acids is 1. The van der Waals surface area contributed by atoms with Gasteiger partial charge in [-0.15, -0.1) is 4.68 Å². The highest BCUT2D eigenvalue weighted by Gasteiger charge is 2.19. The molecule has 9 heteroatoms. The van der Waals surface area contributed by atoms with Crippen molar-refractivity contribution in [2.75, 3.05) is 28.3 Å². The lowest BCUT2D eigenvalue weighted by molar-refractivity contribution is 0.214. The summed E-state index contributed by atoms with van der Waals surface area (Å²) >= 11 is 0. The topological polar surface area (TPSA) is 91.5 Å². The molecule has 0 spiro atoms. The predicted octanol–water partition coefficient (Wildman–Crippen LogP) is -0.0241. The zero-order valence-corrected chi connectivity index (χ0v) is 12.1. The van der Waals surface area contributed by atoms with Gasteiger partial charge in [-0.2, -0.15) is 4.68 Å². The van der Waals surface area contributed by atoms with Crippen LogP contribution in [0.15, 0.2) is 23.0 Å². The zero-order chi connectivity index (χ0) is 15.6. The Hall–Kier alpha value is -2.84. The molecule has 112 valence electrons. The molecule has 0 aliphatic carbocycles. The van der Waals surface area contributed by atoms with Crippen molar-refractivity contribution < 1.29 is 14.3 Å². The van der Waals surface area contributed by atoms with Gasteiger partial charge in [0.05, 0.1) is 14.2 Å². The van der Waals surface area contributed by atoms with Crippen LogP contribution < -0.4 is 15.2 Å². The highest BCUT2D eigenvalue weighted by atomic mass is 16.5. The highest BCUT2D eigenvalue weighted by Crippen LogP contribution is 2.25. The van der Waals surface area contributed by atoms with E-state index in [4.69, 9.17) is 9.47 Å². The van der Waals surface area contributed by atoms with Crippen LogP contribution in [-0.4, -0.2) is 59.0 Å². The monoisotopic (exact) mass is 293 g/mol. The maximum atomic E-state index is 12.2. The Morgan fingerprint density at radius 1 is 1.19 bits per heavy atom. The van der Waals surface area contributed by atoms with Gasteiger partial charge >= 0.3 is 11.7 Å². The molecule has 21 heavy (non-hydrogen) atoms. The maximum Gasteiger partial charge on any atom is 0.377 e. The van der Waals surface area contributed by atoms with E-state index < -0.39 is 11.7 Å². The molecule has 0 radical (unpaired) electrons. The largest absolute Gasteiger partial charge is 0.497 e. The van der Waals surface area contributed by atoms with Gasteiger partial charge in [0.15, 0.2) is 0 Å². The fourth-order valence-corrected chi connectivity index (χ4v) is 1.67. The normalized spacial score (nSPS) is 10.3. The third-order valence-electron chi connectivity index (χ3n) is 2.76. The first-order valence-electron chi connectivity index (χ1n) is 5.98. The molecule has 1 amide bonds. The summed E-state index contributed by atoms with van der Waals surface area (Å²) in [5, 5.41) is 7.28. The minimum atomic E-state index is -0.694. The average Bonchev–Trinajstić information content (AvgIpc) is 2.87. The molecular formula is C12H15N5O4. The molecule has 0 saturated carbocycles. The summed E-state index contributed by atoms with van der Waals surface area (Å²) in [6.07, 6.45) is 0. The number of hydrogen-bond acceptors (Lipinski definition) is 6. The lowest BCUT2D eigenvalue weighted by atomic mass is 10.3. The number of tetrazole rings is 1. The van der Waals surface area contributed by atoms with Crippen LogP contribution in [0, 0.1) is 0 Å². The Morgan fingerprint density at radius 2 is 1.90 bits per heavy atom. The summed E-state index contributed by atoms with van der Waals surface area (Å²) in [4.78, 5) is 25.3. The van der Waals surface area contributed by atoms with Gasteiger partial charge in [-0.3, -0.25) is 0 Å². The molecule has 0 fully saturated rings. The molecule has 1 aromatic carbocycles. The lowest BCUT2D eigenvalue weighted by Gasteiger charge is -2.09. The quantitative estimate of drug-likeness (QED) is 0.738. The lowest BCUT2D eigenvalue weighted by Crippen LogP contribution is -2.36. The molecule has 0 saturated heterocycles. The number of nitrogens with zero attached hydrogens (tertiary/aromatic N) is 5. The minimum absolute atomic E-state index is 0.333. The maximum absolute atomic E-state index is 12.2. The van der Waals surface area contributed by atoms with Crippen LogP contribution >= 0.6 is 0 Å². The molecule has 2 aromatic rings. The van der Waals surface area contributed by atoms with Crippen LogP contribution in [0.5, 0.6) is 11.5 Å². The van der Waals surface area contributed by atoms with Gasteiger partial charge in [-0.1, -0.05) is 0 Å². The van der Waals surface area contributed by atoms with E-state index in [1.165, 1.54) is 33.2 Å². The van der Waals surface area contributed by atoms with Crippen molar-refractivity contribution in [3.05, 3.63) is 28.7 Å². The number of amides is 1. The SMILES string of the molecule is COc1ccc(OC)c(-n2nnn(C(=O)N(C)C)c2=O)c1. The molecular weight excluding hydrogens is 278 g/mol. The molecule has 1 heterocycles. The fraction of sp³-hybridized carbons (Fsp3) is 0.333. The number of benzene rings is 1. The van der Waals surface area contributed by atoms with Crippen molar-refractivity contribution in [1.29, 1.82) is 0 Å². The zero-order valence-electron chi connectivity index (χ0n) is 12.1. The first-order chi connectivity index (χ1) is 9.99. The van der Waals surface area contributed by atoms with Gasteiger partial charge in [0.1, 0.15) is 17.2 Å². The van der Waals surface area contributed by atoms with E-state index in [1.54, 1.807) is 18.2 Å². The number of methoxy groups -OCH3 is 2. The van der Waals surface area contributed by atoms with Gasteiger partial charge in [-0.25, -0.2) is 9.59 Å². The Bertz CT molecular complexity index is 719. The number of aromatic nitrogens is 4. The van der Waals surface area contributed by atoms with E-state index in [2.05, 4.69) is 10.4 Å². The van der Waals surface area contributed by atoms with E-state index in [0.29, 0.717) is 21.9 Å². The predicted molar refractivity (Wildman–Crippen MR) is 73.2 cm³/mol. The van der Waals surface area contributed by atoms with Gasteiger partial charge in [0.2, 0.25) is 0 Å². The van der Waals surface area contributed by atoms with Crippen LogP contribution in [0.3, 0.4) is 0 Å². The van der Waals surface area contributed by atoms with Crippen molar-refractivity contribution in [2.24, 2.45) is 0 Å². The van der Waals surface area contributed by atoms with Crippen LogP contribution in [-0.2, 0) is 0 Å². The Balaban J connectivity index is 2.58. The van der Waals surface area contributed by atoms with Crippen molar-refractivity contribution in [3.63, 3.8) is 0 Å². The van der Waals surface area contributed by atoms with Crippen molar-refractivity contribution in [2.45, 2.75) is 0 Å². The second kappa shape index (κ2) is 5.65. The fourth-order valence-electron chi connectivity index (χ4n) is 1.67. The summed E-state index contributed by atoms with van der Waals surface area (Å²) in [7, 11) is 5.99. The number of carbonyl (C=O) groups is 1. The third-order valence-corrected chi connectivity index (χ3v) is 2.76. The number of ether oxygens (including phenoxy) is 2. The molecule has 0 N–H and O–H groups in total. The van der Waals surface area contributed by atoms with Gasteiger partial charge in [0, 0.05) is 20.2 Å². The third kappa shape index (κ3) is 2.57. The Morgan fingerprint density at radius 3 is 2.48 bits per heavy atom. The standard InChI is InChI=1S/C12H15N5O4/c1-15(2)11(18)17-12(19)16(13-14-17)9-7-8(20-3)5-6-10(9)21-4/h5-7H,1-4H3. The average molecular weight is 293 g/mol. The van der Waals surface area contributed by atoms with E-state index in [0.717, 1.165) is 4.68 Å². The Kier molecular flexibility index (Phi) is 3.92. The van der Waals surface area contributed by atoms with Crippen LogP contribution in [0.25, 0.3) is 5.69 Å². The summed E-state index contributed by atoms with van der Waals surface area (Å²) in [6.45, 7) is 0. The van der Waals surface area contributed by atoms with Crippen molar-refractivity contribution in [1.82, 2.24) is 24.7 Å². The van der Waals surface area contributed by atoms with Crippen molar-refractivity contribution >= 4 is 6.03 Å². The second-order valence-corrected chi connectivity index (χ2v) is 4.30. The highest BCUT2D eigenvalue weighted by molar-refractivity contribution is 5.74. The summed E-state index contributed by atoms with van der Waals surface area (Å²) in [6, 6.07) is 4.29. The summed E-state index contributed by atoms with van der Waals surface area (Å²) in [5.74, 6) is 0.924. The molecule has 0 unspecified atom stereocenters. The number of hydrogen-bond donors (Lipinski definition) is 0. The summed E-state index contributed by atoms with van der Waals surface area (Å²) < 4.78 is 11.9. The smallest absolute Gasteiger partial charge is 0.377 e. The minimum Gasteiger partial charge on any atom is -0.497 e. The van der Waals surface area contributed by atoms with Gasteiger partial charge in [0.25, 0.3) is 0 Å². The van der Waals surface area contributed by atoms with Crippen molar-refractivity contribution in [3.8, 4) is 17.2 Å². The molecule has 0 bridgehead atoms. The number of rotatable bonds is 3. The first kappa shape index (κ1) is 14.6. The van der Waals surface area contributed by atoms with E-state index in [9.17, 15) is 9.59 Å². The Labute approximate surface area is 120 Å². The molecule has 0 aliphatic heterocycles. The summed E-state index contributed by atoms with van der Waals surface area (Å²) in [5.41, 5.74) is -0.361. The van der Waals surface area contributed by atoms with E-state index in [1.807, 2.05) is 0 Å². The first-order valence-corrected chi connectivity index (χ1v) is 5.98. The van der Waals surface area contributed by atoms with E-state index in [-0.39, 0.29) is 0 Å². The van der Waals surface area contributed by atoms with Gasteiger partial charge in [-0.05, 0) is 22.6 Å². The van der Waals surface area contributed by atoms with Gasteiger partial charge < -0.3 is 14.4 Å². The molecule has 2 rings (SSSR count). The molecule has 9 nitrogen and oxygen atoms in total.